The van der Waals surface area contributed by atoms with E-state index in [-0.39, 0.29) is 24.8 Å². The van der Waals surface area contributed by atoms with Crippen LogP contribution in [-0.4, -0.2) is 68.9 Å². The van der Waals surface area contributed by atoms with Crippen molar-refractivity contribution in [2.45, 2.75) is 90.1 Å². The quantitative estimate of drug-likeness (QED) is 0.216. The Morgan fingerprint density at radius 3 is 2.20 bits per heavy atom. The SMILES string of the molecule is CC[C@H]1CC[C@H](C2CC=C(c3cnc(-c4ccc(CN(CC(=O)O)C(=O)[C@@H]5CCCN5C(=O)Cc5ccc(OC)cc5)cc4)nc3)CC2)CC1. The molecule has 0 bridgehead atoms. The number of carboxylic acid groups (broad SMARTS) is 1. The van der Waals surface area contributed by atoms with Crippen LogP contribution in [0.2, 0.25) is 0 Å². The zero-order valence-electron chi connectivity index (χ0n) is 29.4. The second-order valence-corrected chi connectivity index (χ2v) is 14.3. The molecule has 3 aliphatic rings. The van der Waals surface area contributed by atoms with Crippen molar-refractivity contribution in [2.24, 2.45) is 17.8 Å². The van der Waals surface area contributed by atoms with Gasteiger partial charge in [-0.15, -0.1) is 0 Å². The highest BCUT2D eigenvalue weighted by molar-refractivity contribution is 5.90. The van der Waals surface area contributed by atoms with Gasteiger partial charge >= 0.3 is 5.97 Å². The molecule has 1 saturated heterocycles. The molecule has 6 rings (SSSR count). The number of carbonyl (C=O) groups excluding carboxylic acids is 2. The second kappa shape index (κ2) is 16.5. The van der Waals surface area contributed by atoms with E-state index in [0.29, 0.717) is 31.0 Å². The van der Waals surface area contributed by atoms with Crippen LogP contribution in [0.25, 0.3) is 17.0 Å². The molecule has 1 unspecified atom stereocenters. The molecule has 1 N–H and O–H groups in total. The maximum atomic E-state index is 13.7. The Hall–Kier alpha value is -4.53. The van der Waals surface area contributed by atoms with Crippen LogP contribution in [0.4, 0.5) is 0 Å². The van der Waals surface area contributed by atoms with E-state index in [1.165, 1.54) is 49.0 Å². The Morgan fingerprint density at radius 2 is 1.58 bits per heavy atom. The van der Waals surface area contributed by atoms with Crippen LogP contribution in [0.5, 0.6) is 5.75 Å². The molecule has 2 atom stereocenters. The van der Waals surface area contributed by atoms with Crippen molar-refractivity contribution in [3.63, 3.8) is 0 Å². The third-order valence-corrected chi connectivity index (χ3v) is 11.2. The predicted molar refractivity (Wildman–Crippen MR) is 193 cm³/mol. The van der Waals surface area contributed by atoms with E-state index in [9.17, 15) is 19.5 Å². The number of hydrogen-bond donors (Lipinski definition) is 1. The summed E-state index contributed by atoms with van der Waals surface area (Å²) in [6.45, 7) is 2.47. The fourth-order valence-corrected chi connectivity index (χ4v) is 8.16. The first kappa shape index (κ1) is 35.3. The van der Waals surface area contributed by atoms with Crippen molar-refractivity contribution < 1.29 is 24.2 Å². The number of aromatic nitrogens is 2. The summed E-state index contributed by atoms with van der Waals surface area (Å²) >= 11 is 0. The fraction of sp³-hybridized carbons (Fsp3) is 0.488. The van der Waals surface area contributed by atoms with Crippen molar-refractivity contribution >= 4 is 23.4 Å². The number of rotatable bonds is 12. The molecule has 1 saturated carbocycles. The molecule has 3 aromatic rings. The van der Waals surface area contributed by atoms with Gasteiger partial charge in [-0.1, -0.05) is 68.7 Å². The Labute approximate surface area is 295 Å². The number of aliphatic carboxylic acids is 1. The summed E-state index contributed by atoms with van der Waals surface area (Å²) in [6, 6.07) is 14.2. The number of amides is 2. The number of benzene rings is 2. The highest BCUT2D eigenvalue weighted by Gasteiger charge is 2.37. The van der Waals surface area contributed by atoms with Crippen LogP contribution in [-0.2, 0) is 27.3 Å². The molecular formula is C41H50N4O5. The zero-order valence-corrected chi connectivity index (χ0v) is 29.4. The van der Waals surface area contributed by atoms with E-state index >= 15 is 0 Å². The van der Waals surface area contributed by atoms with Crippen LogP contribution in [0.1, 0.15) is 87.8 Å². The number of allylic oxidation sites excluding steroid dienone is 2. The van der Waals surface area contributed by atoms with Crippen LogP contribution < -0.4 is 4.74 Å². The minimum absolute atomic E-state index is 0.122. The number of carbonyl (C=O) groups is 3. The van der Waals surface area contributed by atoms with E-state index < -0.39 is 18.6 Å². The Bertz CT molecular complexity index is 1650. The van der Waals surface area contributed by atoms with Crippen molar-refractivity contribution in [2.75, 3.05) is 20.2 Å². The number of likely N-dealkylation sites (tertiary alicyclic amines) is 1. The lowest BCUT2D eigenvalue weighted by atomic mass is 9.71. The number of ether oxygens (including phenoxy) is 1. The van der Waals surface area contributed by atoms with E-state index in [4.69, 9.17) is 4.74 Å². The molecular weight excluding hydrogens is 628 g/mol. The van der Waals surface area contributed by atoms with Gasteiger partial charge in [-0.25, -0.2) is 9.97 Å². The lowest BCUT2D eigenvalue weighted by Crippen LogP contribution is -2.49. The standard InChI is InChI=1S/C41H50N4O5/c1-3-28-6-12-31(13-7-28)32-16-18-33(19-17-32)35-24-42-40(43-25-35)34-14-8-30(9-15-34)26-44(27-39(47)48)41(49)37-5-4-22-45(37)38(46)23-29-10-20-36(50-2)21-11-29/h8-11,14-15,18,20-21,24-25,28,31-32,37H,3-7,12-13,16-17,19,22-23,26-27H2,1-2H3,(H,47,48)/t28-,31-,32?,37-/m0/s1. The normalized spacial score (nSPS) is 22.1. The average Bonchev–Trinajstić information content (AvgIpc) is 3.65. The van der Waals surface area contributed by atoms with E-state index in [1.807, 2.05) is 48.8 Å². The van der Waals surface area contributed by atoms with Gasteiger partial charge in [0, 0.05) is 36.6 Å². The van der Waals surface area contributed by atoms with Crippen LogP contribution in [0.15, 0.2) is 67.0 Å². The number of hydrogen-bond acceptors (Lipinski definition) is 6. The summed E-state index contributed by atoms with van der Waals surface area (Å²) in [7, 11) is 1.59. The van der Waals surface area contributed by atoms with Gasteiger partial charge in [-0.2, -0.15) is 0 Å². The molecule has 0 spiro atoms. The van der Waals surface area contributed by atoms with Gasteiger partial charge in [0.15, 0.2) is 5.82 Å². The topological polar surface area (TPSA) is 113 Å². The molecule has 0 radical (unpaired) electrons. The highest BCUT2D eigenvalue weighted by atomic mass is 16.5. The van der Waals surface area contributed by atoms with Gasteiger partial charge in [0.2, 0.25) is 11.8 Å². The van der Waals surface area contributed by atoms with E-state index in [2.05, 4.69) is 23.0 Å². The van der Waals surface area contributed by atoms with Gasteiger partial charge in [-0.3, -0.25) is 14.4 Å². The number of nitrogens with zero attached hydrogens (tertiary/aromatic N) is 4. The van der Waals surface area contributed by atoms with Gasteiger partial charge in [0.25, 0.3) is 0 Å². The Balaban J connectivity index is 1.06. The molecule has 2 aromatic carbocycles. The van der Waals surface area contributed by atoms with Gasteiger partial charge in [0.1, 0.15) is 18.3 Å². The minimum atomic E-state index is -1.10. The smallest absolute Gasteiger partial charge is 0.323 e. The summed E-state index contributed by atoms with van der Waals surface area (Å²) in [5.41, 5.74) is 4.90. The molecule has 264 valence electrons. The maximum Gasteiger partial charge on any atom is 0.323 e. The maximum absolute atomic E-state index is 13.7. The molecule has 1 aliphatic heterocycles. The van der Waals surface area contributed by atoms with Gasteiger partial charge in [-0.05, 0) is 91.5 Å². The van der Waals surface area contributed by atoms with Crippen LogP contribution in [0.3, 0.4) is 0 Å². The van der Waals surface area contributed by atoms with E-state index in [1.54, 1.807) is 24.1 Å². The first-order valence-electron chi connectivity index (χ1n) is 18.3. The van der Waals surface area contributed by atoms with Crippen molar-refractivity contribution in [1.29, 1.82) is 0 Å². The molecule has 2 aliphatic carbocycles. The summed E-state index contributed by atoms with van der Waals surface area (Å²) in [4.78, 5) is 51.1. The third-order valence-electron chi connectivity index (χ3n) is 11.2. The van der Waals surface area contributed by atoms with Gasteiger partial charge < -0.3 is 19.6 Å². The van der Waals surface area contributed by atoms with E-state index in [0.717, 1.165) is 52.8 Å². The molecule has 50 heavy (non-hydrogen) atoms. The zero-order chi connectivity index (χ0) is 35.0. The molecule has 9 heteroatoms. The van der Waals surface area contributed by atoms with Crippen molar-refractivity contribution in [1.82, 2.24) is 19.8 Å². The molecule has 2 heterocycles. The highest BCUT2D eigenvalue weighted by Crippen LogP contribution is 2.41. The minimum Gasteiger partial charge on any atom is -0.497 e. The van der Waals surface area contributed by atoms with Crippen molar-refractivity contribution in [3.05, 3.63) is 83.7 Å². The largest absolute Gasteiger partial charge is 0.497 e. The Kier molecular flexibility index (Phi) is 11.6. The summed E-state index contributed by atoms with van der Waals surface area (Å²) in [5.74, 6) is 2.36. The average molecular weight is 679 g/mol. The molecule has 2 amide bonds. The molecule has 9 nitrogen and oxygen atoms in total. The lowest BCUT2D eigenvalue weighted by Gasteiger charge is -2.35. The summed E-state index contributed by atoms with van der Waals surface area (Å²) < 4.78 is 5.20. The van der Waals surface area contributed by atoms with Gasteiger partial charge in [0.05, 0.1) is 13.5 Å². The first-order chi connectivity index (χ1) is 24.3. The monoisotopic (exact) mass is 678 g/mol. The Morgan fingerprint density at radius 1 is 0.880 bits per heavy atom. The van der Waals surface area contributed by atoms with Crippen LogP contribution >= 0.6 is 0 Å². The molecule has 1 aromatic heterocycles. The number of methoxy groups -OCH3 is 1. The predicted octanol–water partition coefficient (Wildman–Crippen LogP) is 7.20. The second-order valence-electron chi connectivity index (χ2n) is 14.3. The van der Waals surface area contributed by atoms with Crippen LogP contribution in [0, 0.1) is 17.8 Å². The van der Waals surface area contributed by atoms with Crippen molar-refractivity contribution in [3.8, 4) is 17.1 Å². The lowest BCUT2D eigenvalue weighted by molar-refractivity contribution is -0.149. The number of carboxylic acids is 1. The first-order valence-corrected chi connectivity index (χ1v) is 18.3. The third kappa shape index (κ3) is 8.60. The molecule has 2 fully saturated rings. The fourth-order valence-electron chi connectivity index (χ4n) is 8.16. The summed E-state index contributed by atoms with van der Waals surface area (Å²) in [5, 5.41) is 9.66. The summed E-state index contributed by atoms with van der Waals surface area (Å²) in [6.07, 6.45) is 18.0.